The van der Waals surface area contributed by atoms with E-state index in [1.165, 1.54) is 0 Å². The van der Waals surface area contributed by atoms with Gasteiger partial charge in [-0.05, 0) is 32.0 Å². The summed E-state index contributed by atoms with van der Waals surface area (Å²) in [5, 5.41) is 2.91. The van der Waals surface area contributed by atoms with E-state index in [0.717, 1.165) is 39.0 Å². The molecule has 0 aliphatic carbocycles. The number of hydrogen-bond acceptors (Lipinski definition) is 3. The van der Waals surface area contributed by atoms with Crippen molar-refractivity contribution < 1.29 is 4.79 Å². The molecule has 0 aliphatic rings. The van der Waals surface area contributed by atoms with Crippen molar-refractivity contribution >= 4 is 30.7 Å². The zero-order valence-corrected chi connectivity index (χ0v) is 14.3. The molecule has 0 aromatic rings. The van der Waals surface area contributed by atoms with Gasteiger partial charge in [0.15, 0.2) is 0 Å². The first-order chi connectivity index (χ1) is 8.06. The number of halogens is 2. The van der Waals surface area contributed by atoms with Gasteiger partial charge in [0.1, 0.15) is 0 Å². The number of nitrogens with zero attached hydrogens (tertiary/aromatic N) is 1. The van der Waals surface area contributed by atoms with E-state index < -0.39 is 0 Å². The van der Waals surface area contributed by atoms with Crippen molar-refractivity contribution in [2.75, 3.05) is 26.2 Å². The molecule has 19 heavy (non-hydrogen) atoms. The molecule has 0 heterocycles. The predicted molar refractivity (Wildman–Crippen MR) is 87.3 cm³/mol. The summed E-state index contributed by atoms with van der Waals surface area (Å²) in [5.41, 5.74) is 5.84. The Morgan fingerprint density at radius 1 is 1.21 bits per heavy atom. The molecular formula is C13H31Cl2N3O. The maximum Gasteiger partial charge on any atom is 0.237 e. The molecule has 4 nitrogen and oxygen atoms in total. The third kappa shape index (κ3) is 10.4. The van der Waals surface area contributed by atoms with Gasteiger partial charge < -0.3 is 16.0 Å². The predicted octanol–water partition coefficient (Wildman–Crippen LogP) is 2.05. The highest BCUT2D eigenvalue weighted by molar-refractivity contribution is 5.85. The fraction of sp³-hybridized carbons (Fsp3) is 0.923. The smallest absolute Gasteiger partial charge is 0.237 e. The summed E-state index contributed by atoms with van der Waals surface area (Å²) in [6.07, 6.45) is 1.93. The van der Waals surface area contributed by atoms with Crippen LogP contribution in [0.15, 0.2) is 0 Å². The lowest BCUT2D eigenvalue weighted by Crippen LogP contribution is -2.45. The molecule has 0 radical (unpaired) electrons. The van der Waals surface area contributed by atoms with Crippen molar-refractivity contribution in [1.29, 1.82) is 0 Å². The zero-order valence-electron chi connectivity index (χ0n) is 12.6. The summed E-state index contributed by atoms with van der Waals surface area (Å²) in [6, 6.07) is -0.367. The van der Waals surface area contributed by atoms with E-state index in [4.69, 9.17) is 5.73 Å². The first kappa shape index (κ1) is 24.0. The van der Waals surface area contributed by atoms with E-state index in [1.807, 2.05) is 6.92 Å². The Balaban J connectivity index is -0.00000128. The minimum Gasteiger partial charge on any atom is -0.355 e. The van der Waals surface area contributed by atoms with Gasteiger partial charge in [0.25, 0.3) is 0 Å². The van der Waals surface area contributed by atoms with E-state index in [2.05, 4.69) is 31.0 Å². The van der Waals surface area contributed by atoms with Crippen LogP contribution < -0.4 is 11.1 Å². The molecule has 0 aliphatic heterocycles. The Bertz CT molecular complexity index is 214. The first-order valence-electron chi connectivity index (χ1n) is 6.82. The standard InChI is InChI=1S/C13H29N3O.2ClH/c1-5-11(4)12(14)13(17)15-9-8-10-16(6-2)7-3;;/h11-12H,5-10,14H2,1-4H3,(H,15,17);2*1H. The van der Waals surface area contributed by atoms with Crippen molar-refractivity contribution in [2.24, 2.45) is 11.7 Å². The van der Waals surface area contributed by atoms with Gasteiger partial charge in [-0.15, -0.1) is 24.8 Å². The molecule has 2 unspecified atom stereocenters. The van der Waals surface area contributed by atoms with Crippen molar-refractivity contribution in [2.45, 2.75) is 46.6 Å². The molecule has 0 spiro atoms. The van der Waals surface area contributed by atoms with Crippen molar-refractivity contribution in [3.05, 3.63) is 0 Å². The van der Waals surface area contributed by atoms with Gasteiger partial charge in [-0.2, -0.15) is 0 Å². The Kier molecular flexibility index (Phi) is 18.2. The van der Waals surface area contributed by atoms with Gasteiger partial charge in [-0.3, -0.25) is 4.79 Å². The highest BCUT2D eigenvalue weighted by atomic mass is 35.5. The molecule has 0 aromatic carbocycles. The van der Waals surface area contributed by atoms with E-state index in [-0.39, 0.29) is 42.7 Å². The molecule has 0 saturated heterocycles. The number of hydrogen-bond donors (Lipinski definition) is 2. The third-order valence-corrected chi connectivity index (χ3v) is 3.40. The largest absolute Gasteiger partial charge is 0.355 e. The molecule has 118 valence electrons. The maximum absolute atomic E-state index is 11.7. The van der Waals surface area contributed by atoms with Crippen LogP contribution in [0.2, 0.25) is 0 Å². The van der Waals surface area contributed by atoms with Crippen LogP contribution >= 0.6 is 24.8 Å². The second-order valence-electron chi connectivity index (χ2n) is 4.58. The summed E-state index contributed by atoms with van der Waals surface area (Å²) in [5.74, 6) is 0.233. The van der Waals surface area contributed by atoms with E-state index in [1.54, 1.807) is 0 Å². The van der Waals surface area contributed by atoms with Gasteiger partial charge in [-0.25, -0.2) is 0 Å². The number of amides is 1. The molecule has 3 N–H and O–H groups in total. The van der Waals surface area contributed by atoms with Crippen LogP contribution in [-0.4, -0.2) is 43.0 Å². The molecule has 0 rings (SSSR count). The lowest BCUT2D eigenvalue weighted by Gasteiger charge is -2.20. The minimum atomic E-state index is -0.367. The van der Waals surface area contributed by atoms with Crippen LogP contribution in [0, 0.1) is 5.92 Å². The van der Waals surface area contributed by atoms with E-state index in [9.17, 15) is 4.79 Å². The second-order valence-corrected chi connectivity index (χ2v) is 4.58. The molecule has 1 amide bonds. The van der Waals surface area contributed by atoms with Gasteiger partial charge >= 0.3 is 0 Å². The Labute approximate surface area is 130 Å². The van der Waals surface area contributed by atoms with Crippen LogP contribution in [0.4, 0.5) is 0 Å². The Morgan fingerprint density at radius 2 is 1.74 bits per heavy atom. The summed E-state index contributed by atoms with van der Waals surface area (Å²) < 4.78 is 0. The van der Waals surface area contributed by atoms with Gasteiger partial charge in [0.05, 0.1) is 6.04 Å². The molecular weight excluding hydrogens is 285 g/mol. The molecule has 2 atom stereocenters. The first-order valence-corrected chi connectivity index (χ1v) is 6.82. The topological polar surface area (TPSA) is 58.4 Å². The Morgan fingerprint density at radius 3 is 2.16 bits per heavy atom. The second kappa shape index (κ2) is 14.4. The van der Waals surface area contributed by atoms with Crippen molar-refractivity contribution in [3.63, 3.8) is 0 Å². The highest BCUT2D eigenvalue weighted by Gasteiger charge is 2.18. The fourth-order valence-electron chi connectivity index (χ4n) is 1.68. The summed E-state index contributed by atoms with van der Waals surface area (Å²) in [6.45, 7) is 12.3. The summed E-state index contributed by atoms with van der Waals surface area (Å²) >= 11 is 0. The zero-order chi connectivity index (χ0) is 13.3. The van der Waals surface area contributed by atoms with Crippen LogP contribution in [0.5, 0.6) is 0 Å². The highest BCUT2D eigenvalue weighted by Crippen LogP contribution is 2.04. The van der Waals surface area contributed by atoms with Crippen LogP contribution in [0.3, 0.4) is 0 Å². The van der Waals surface area contributed by atoms with E-state index >= 15 is 0 Å². The molecule has 6 heteroatoms. The monoisotopic (exact) mass is 315 g/mol. The van der Waals surface area contributed by atoms with Gasteiger partial charge in [0.2, 0.25) is 5.91 Å². The average Bonchev–Trinajstić information content (AvgIpc) is 2.36. The number of nitrogens with one attached hydrogen (secondary N) is 1. The van der Waals surface area contributed by atoms with Crippen molar-refractivity contribution in [3.8, 4) is 0 Å². The number of rotatable bonds is 9. The normalized spacial score (nSPS) is 13.2. The lowest BCUT2D eigenvalue weighted by atomic mass is 9.99. The average molecular weight is 316 g/mol. The molecule has 0 bridgehead atoms. The van der Waals surface area contributed by atoms with Crippen molar-refractivity contribution in [1.82, 2.24) is 10.2 Å². The minimum absolute atomic E-state index is 0. The number of nitrogens with two attached hydrogens (primary N) is 1. The quantitative estimate of drug-likeness (QED) is 0.640. The SMILES string of the molecule is CCC(C)C(N)C(=O)NCCCN(CC)CC.Cl.Cl. The van der Waals surface area contributed by atoms with Crippen LogP contribution in [-0.2, 0) is 4.79 Å². The van der Waals surface area contributed by atoms with Crippen LogP contribution in [0.25, 0.3) is 0 Å². The van der Waals surface area contributed by atoms with Gasteiger partial charge in [-0.1, -0.05) is 34.1 Å². The van der Waals surface area contributed by atoms with Crippen LogP contribution in [0.1, 0.15) is 40.5 Å². The third-order valence-electron chi connectivity index (χ3n) is 3.40. The van der Waals surface area contributed by atoms with Gasteiger partial charge in [0, 0.05) is 6.54 Å². The number of carbonyl (C=O) groups excluding carboxylic acids is 1. The molecule has 0 saturated carbocycles. The number of carbonyl (C=O) groups is 1. The Hall–Kier alpha value is -0.0300. The fourth-order valence-corrected chi connectivity index (χ4v) is 1.68. The summed E-state index contributed by atoms with van der Waals surface area (Å²) in [7, 11) is 0. The maximum atomic E-state index is 11.7. The summed E-state index contributed by atoms with van der Waals surface area (Å²) in [4.78, 5) is 14.0. The molecule has 0 aromatic heterocycles. The van der Waals surface area contributed by atoms with E-state index in [0.29, 0.717) is 0 Å². The lowest BCUT2D eigenvalue weighted by molar-refractivity contribution is -0.123. The molecule has 0 fully saturated rings.